The van der Waals surface area contributed by atoms with E-state index in [1.54, 1.807) is 6.07 Å². The van der Waals surface area contributed by atoms with Crippen LogP contribution in [0.1, 0.15) is 44.1 Å². The van der Waals surface area contributed by atoms with Crippen LogP contribution in [0.4, 0.5) is 4.39 Å². The smallest absolute Gasteiger partial charge is 0.127 e. The van der Waals surface area contributed by atoms with Gasteiger partial charge in [-0.1, -0.05) is 24.4 Å². The van der Waals surface area contributed by atoms with Gasteiger partial charge in [-0.15, -0.1) is 0 Å². The standard InChI is InChI=1S/C15H20BrClFN/c16-12-10-14(18)11(9-13(12)17)3-6-15(7-8-19)4-1-2-5-15/h9-10H,1-8,19H2. The van der Waals surface area contributed by atoms with Gasteiger partial charge in [-0.2, -0.15) is 0 Å². The summed E-state index contributed by atoms with van der Waals surface area (Å²) < 4.78 is 14.5. The normalized spacial score (nSPS) is 17.9. The molecule has 1 aliphatic rings. The lowest BCUT2D eigenvalue weighted by atomic mass is 9.77. The van der Waals surface area contributed by atoms with Crippen molar-refractivity contribution in [2.75, 3.05) is 6.54 Å². The monoisotopic (exact) mass is 347 g/mol. The number of halogens is 3. The van der Waals surface area contributed by atoms with Gasteiger partial charge in [-0.05, 0) is 77.7 Å². The first kappa shape index (κ1) is 15.3. The van der Waals surface area contributed by atoms with Crippen molar-refractivity contribution in [3.8, 4) is 0 Å². The Balaban J connectivity index is 2.07. The number of benzene rings is 1. The summed E-state index contributed by atoms with van der Waals surface area (Å²) in [6.45, 7) is 0.726. The van der Waals surface area contributed by atoms with Gasteiger partial charge in [0.2, 0.25) is 0 Å². The van der Waals surface area contributed by atoms with Gasteiger partial charge in [0.25, 0.3) is 0 Å². The van der Waals surface area contributed by atoms with Crippen LogP contribution in [0.5, 0.6) is 0 Å². The van der Waals surface area contributed by atoms with Crippen molar-refractivity contribution in [1.82, 2.24) is 0 Å². The highest BCUT2D eigenvalue weighted by Gasteiger charge is 2.32. The number of hydrogen-bond acceptors (Lipinski definition) is 1. The third kappa shape index (κ3) is 3.71. The summed E-state index contributed by atoms with van der Waals surface area (Å²) in [4.78, 5) is 0. The number of aryl methyl sites for hydroxylation is 1. The molecule has 0 bridgehead atoms. The number of rotatable bonds is 5. The highest BCUT2D eigenvalue weighted by atomic mass is 79.9. The Morgan fingerprint density at radius 2 is 1.95 bits per heavy atom. The highest BCUT2D eigenvalue weighted by Crippen LogP contribution is 2.44. The summed E-state index contributed by atoms with van der Waals surface area (Å²) in [5, 5.41) is 0.579. The highest BCUT2D eigenvalue weighted by molar-refractivity contribution is 9.10. The minimum Gasteiger partial charge on any atom is -0.330 e. The fourth-order valence-corrected chi connectivity index (χ4v) is 3.71. The zero-order valence-corrected chi connectivity index (χ0v) is 13.4. The Morgan fingerprint density at radius 3 is 2.58 bits per heavy atom. The van der Waals surface area contributed by atoms with E-state index in [2.05, 4.69) is 15.9 Å². The van der Waals surface area contributed by atoms with Crippen LogP contribution in [0.2, 0.25) is 5.02 Å². The zero-order valence-electron chi connectivity index (χ0n) is 11.0. The summed E-state index contributed by atoms with van der Waals surface area (Å²) >= 11 is 9.29. The molecule has 0 aromatic heterocycles. The maximum Gasteiger partial charge on any atom is 0.127 e. The van der Waals surface area contributed by atoms with E-state index in [0.29, 0.717) is 14.9 Å². The van der Waals surface area contributed by atoms with Crippen molar-refractivity contribution < 1.29 is 4.39 Å². The van der Waals surface area contributed by atoms with Gasteiger partial charge >= 0.3 is 0 Å². The molecule has 1 aliphatic carbocycles. The fraction of sp³-hybridized carbons (Fsp3) is 0.600. The molecule has 0 aliphatic heterocycles. The lowest BCUT2D eigenvalue weighted by Gasteiger charge is -2.28. The Labute approximate surface area is 127 Å². The molecule has 0 unspecified atom stereocenters. The van der Waals surface area contributed by atoms with E-state index in [1.165, 1.54) is 31.7 Å². The molecule has 1 saturated carbocycles. The predicted octanol–water partition coefficient (Wildman–Crippen LogP) is 5.08. The maximum absolute atomic E-state index is 13.9. The summed E-state index contributed by atoms with van der Waals surface area (Å²) in [5.74, 6) is -0.169. The number of nitrogens with two attached hydrogens (primary N) is 1. The molecule has 2 rings (SSSR count). The van der Waals surface area contributed by atoms with Crippen LogP contribution in [0.25, 0.3) is 0 Å². The average Bonchev–Trinajstić information content (AvgIpc) is 2.82. The SMILES string of the molecule is NCCC1(CCc2cc(Cl)c(Br)cc2F)CCCC1. The molecule has 0 heterocycles. The molecule has 4 heteroatoms. The van der Waals surface area contributed by atoms with Gasteiger partial charge in [0.1, 0.15) is 5.82 Å². The third-order valence-electron chi connectivity index (χ3n) is 4.35. The van der Waals surface area contributed by atoms with Crippen LogP contribution >= 0.6 is 27.5 Å². The fourth-order valence-electron chi connectivity index (χ4n) is 3.21. The molecule has 0 amide bonds. The lowest BCUT2D eigenvalue weighted by molar-refractivity contribution is 0.252. The van der Waals surface area contributed by atoms with Crippen LogP contribution < -0.4 is 5.73 Å². The second-order valence-corrected chi connectivity index (χ2v) is 6.87. The van der Waals surface area contributed by atoms with Crippen molar-refractivity contribution in [2.24, 2.45) is 11.1 Å². The van der Waals surface area contributed by atoms with Crippen molar-refractivity contribution in [3.63, 3.8) is 0 Å². The second kappa shape index (κ2) is 6.55. The Morgan fingerprint density at radius 1 is 1.26 bits per heavy atom. The van der Waals surface area contributed by atoms with Crippen molar-refractivity contribution in [3.05, 3.63) is 33.0 Å². The van der Waals surface area contributed by atoms with Crippen LogP contribution in [-0.4, -0.2) is 6.54 Å². The van der Waals surface area contributed by atoms with E-state index in [1.807, 2.05) is 0 Å². The van der Waals surface area contributed by atoms with Crippen molar-refractivity contribution in [1.29, 1.82) is 0 Å². The molecule has 1 aromatic rings. The Kier molecular flexibility index (Phi) is 5.27. The molecule has 1 nitrogen and oxygen atoms in total. The van der Waals surface area contributed by atoms with Gasteiger partial charge in [0, 0.05) is 4.47 Å². The average molecular weight is 349 g/mol. The summed E-state index contributed by atoms with van der Waals surface area (Å²) in [7, 11) is 0. The molecule has 1 aromatic carbocycles. The first-order chi connectivity index (χ1) is 9.06. The maximum atomic E-state index is 13.9. The van der Waals surface area contributed by atoms with Crippen LogP contribution in [0.3, 0.4) is 0 Å². The largest absolute Gasteiger partial charge is 0.330 e. The quantitative estimate of drug-likeness (QED) is 0.737. The first-order valence-corrected chi connectivity index (χ1v) is 8.07. The Bertz CT molecular complexity index is 444. The molecular weight excluding hydrogens is 329 g/mol. The molecule has 0 spiro atoms. The second-order valence-electron chi connectivity index (χ2n) is 5.60. The molecule has 0 atom stereocenters. The van der Waals surface area contributed by atoms with E-state index in [9.17, 15) is 4.39 Å². The molecule has 1 fully saturated rings. The first-order valence-electron chi connectivity index (χ1n) is 6.90. The van der Waals surface area contributed by atoms with Crippen LogP contribution in [0, 0.1) is 11.2 Å². The number of hydrogen-bond donors (Lipinski definition) is 1. The molecule has 106 valence electrons. The molecule has 0 radical (unpaired) electrons. The van der Waals surface area contributed by atoms with E-state index in [0.717, 1.165) is 31.4 Å². The molecule has 2 N–H and O–H groups in total. The third-order valence-corrected chi connectivity index (χ3v) is 5.55. The van der Waals surface area contributed by atoms with Crippen molar-refractivity contribution in [2.45, 2.75) is 44.9 Å². The van der Waals surface area contributed by atoms with Crippen molar-refractivity contribution >= 4 is 27.5 Å². The Hall–Kier alpha value is -0.120. The molecular formula is C15H20BrClFN. The molecule has 19 heavy (non-hydrogen) atoms. The van der Waals surface area contributed by atoms with E-state index in [-0.39, 0.29) is 5.82 Å². The lowest BCUT2D eigenvalue weighted by Crippen LogP contribution is -2.22. The van der Waals surface area contributed by atoms with Crippen LogP contribution in [-0.2, 0) is 6.42 Å². The van der Waals surface area contributed by atoms with E-state index < -0.39 is 0 Å². The van der Waals surface area contributed by atoms with Gasteiger partial charge < -0.3 is 5.73 Å². The van der Waals surface area contributed by atoms with E-state index in [4.69, 9.17) is 17.3 Å². The van der Waals surface area contributed by atoms with E-state index >= 15 is 0 Å². The predicted molar refractivity (Wildman–Crippen MR) is 82.0 cm³/mol. The van der Waals surface area contributed by atoms with Crippen LogP contribution in [0.15, 0.2) is 16.6 Å². The van der Waals surface area contributed by atoms with Gasteiger partial charge in [0.15, 0.2) is 0 Å². The minimum atomic E-state index is -0.169. The molecule has 0 saturated heterocycles. The minimum absolute atomic E-state index is 0.169. The summed E-state index contributed by atoms with van der Waals surface area (Å²) in [6, 6.07) is 3.20. The summed E-state index contributed by atoms with van der Waals surface area (Å²) in [5.41, 5.74) is 6.79. The topological polar surface area (TPSA) is 26.0 Å². The summed E-state index contributed by atoms with van der Waals surface area (Å²) in [6.07, 6.45) is 7.84. The van der Waals surface area contributed by atoms with Gasteiger partial charge in [-0.3, -0.25) is 0 Å². The zero-order chi connectivity index (χ0) is 13.9. The van der Waals surface area contributed by atoms with Gasteiger partial charge in [-0.25, -0.2) is 4.39 Å². The van der Waals surface area contributed by atoms with Gasteiger partial charge in [0.05, 0.1) is 5.02 Å².